The van der Waals surface area contributed by atoms with E-state index in [9.17, 15) is 13.2 Å². The summed E-state index contributed by atoms with van der Waals surface area (Å²) in [6.07, 6.45) is 1.17. The summed E-state index contributed by atoms with van der Waals surface area (Å²) in [5.74, 6) is 1.13. The van der Waals surface area contributed by atoms with Gasteiger partial charge in [0.2, 0.25) is 0 Å². The van der Waals surface area contributed by atoms with E-state index in [1.54, 1.807) is 31.2 Å². The number of carbonyl (C=O) groups excluding carboxylic acids is 1. The van der Waals surface area contributed by atoms with Crippen molar-refractivity contribution < 1.29 is 17.6 Å². The van der Waals surface area contributed by atoms with Gasteiger partial charge >= 0.3 is 0 Å². The summed E-state index contributed by atoms with van der Waals surface area (Å²) in [4.78, 5) is 12.7. The Morgan fingerprint density at radius 1 is 1.09 bits per heavy atom. The van der Waals surface area contributed by atoms with Crippen LogP contribution in [0.5, 0.6) is 0 Å². The molecule has 2 aromatic rings. The highest BCUT2D eigenvalue weighted by molar-refractivity contribution is 7.90. The molecule has 1 heterocycles. The number of hydrogen-bond acceptors (Lipinski definition) is 4. The smallest absolute Gasteiger partial charge is 0.255 e. The van der Waals surface area contributed by atoms with Crippen LogP contribution < -0.4 is 5.32 Å². The Balaban J connectivity index is 2.18. The fourth-order valence-corrected chi connectivity index (χ4v) is 3.11. The van der Waals surface area contributed by atoms with Crippen LogP contribution in [0.3, 0.4) is 0 Å². The van der Waals surface area contributed by atoms with E-state index in [2.05, 4.69) is 5.32 Å². The Labute approximate surface area is 136 Å². The maximum Gasteiger partial charge on any atom is 0.255 e. The van der Waals surface area contributed by atoms with E-state index < -0.39 is 9.84 Å². The van der Waals surface area contributed by atoms with Crippen LogP contribution in [0.4, 0.5) is 0 Å². The molecule has 0 saturated heterocycles. The van der Waals surface area contributed by atoms with Crippen LogP contribution in [-0.2, 0) is 9.84 Å². The lowest BCUT2D eigenvalue weighted by molar-refractivity contribution is 0.0938. The number of sulfone groups is 1. The fraction of sp³-hybridized carbons (Fsp3) is 0.353. The van der Waals surface area contributed by atoms with Crippen LogP contribution in [0.25, 0.3) is 0 Å². The maximum absolute atomic E-state index is 12.4. The van der Waals surface area contributed by atoms with Gasteiger partial charge in [-0.1, -0.05) is 12.1 Å². The molecule has 0 radical (unpaired) electrons. The maximum atomic E-state index is 12.4. The molecule has 1 amide bonds. The Bertz CT molecular complexity index is 832. The van der Waals surface area contributed by atoms with E-state index in [0.717, 1.165) is 16.9 Å². The predicted octanol–water partition coefficient (Wildman–Crippen LogP) is 3.10. The zero-order valence-electron chi connectivity index (χ0n) is 13.9. The summed E-state index contributed by atoms with van der Waals surface area (Å²) >= 11 is 0. The van der Waals surface area contributed by atoms with Crippen molar-refractivity contribution in [3.8, 4) is 0 Å². The van der Waals surface area contributed by atoms with Crippen molar-refractivity contribution in [2.75, 3.05) is 6.26 Å². The average Bonchev–Trinajstić information content (AvgIpc) is 2.71. The van der Waals surface area contributed by atoms with E-state index in [0.29, 0.717) is 11.3 Å². The van der Waals surface area contributed by atoms with Crippen LogP contribution in [0.1, 0.15) is 46.0 Å². The Morgan fingerprint density at radius 2 is 1.65 bits per heavy atom. The second-order valence-electron chi connectivity index (χ2n) is 5.75. The predicted molar refractivity (Wildman–Crippen MR) is 88.4 cm³/mol. The van der Waals surface area contributed by atoms with Crippen molar-refractivity contribution in [2.45, 2.75) is 38.6 Å². The van der Waals surface area contributed by atoms with Crippen LogP contribution in [-0.4, -0.2) is 20.6 Å². The molecule has 2 rings (SSSR count). The minimum atomic E-state index is -3.22. The summed E-state index contributed by atoms with van der Waals surface area (Å²) in [7, 11) is -3.22. The molecule has 0 unspecified atom stereocenters. The number of amides is 1. The van der Waals surface area contributed by atoms with Gasteiger partial charge in [0.15, 0.2) is 9.84 Å². The number of benzene rings is 1. The SMILES string of the molecule is Cc1oc(C)c(C(=O)N[C@H](C)c2ccc(S(C)(=O)=O)cc2)c1C. The molecule has 124 valence electrons. The van der Waals surface area contributed by atoms with Gasteiger partial charge in [0.1, 0.15) is 11.5 Å². The molecule has 1 atom stereocenters. The number of furan rings is 1. The van der Waals surface area contributed by atoms with Crippen molar-refractivity contribution in [1.29, 1.82) is 0 Å². The largest absolute Gasteiger partial charge is 0.466 e. The third-order valence-electron chi connectivity index (χ3n) is 3.94. The number of nitrogens with one attached hydrogen (secondary N) is 1. The molecule has 0 aliphatic heterocycles. The van der Waals surface area contributed by atoms with E-state index >= 15 is 0 Å². The van der Waals surface area contributed by atoms with E-state index in [-0.39, 0.29) is 16.8 Å². The lowest BCUT2D eigenvalue weighted by Crippen LogP contribution is -2.27. The van der Waals surface area contributed by atoms with Crippen LogP contribution in [0, 0.1) is 20.8 Å². The van der Waals surface area contributed by atoms with Gasteiger partial charge in [-0.05, 0) is 45.4 Å². The number of hydrogen-bond donors (Lipinski definition) is 1. The van der Waals surface area contributed by atoms with Crippen molar-refractivity contribution in [2.24, 2.45) is 0 Å². The summed E-state index contributed by atoms with van der Waals surface area (Å²) in [6, 6.07) is 6.27. The Morgan fingerprint density at radius 3 is 2.09 bits per heavy atom. The second kappa shape index (κ2) is 6.20. The molecule has 6 heteroatoms. The normalized spacial score (nSPS) is 12.9. The van der Waals surface area contributed by atoms with Gasteiger partial charge in [0.05, 0.1) is 16.5 Å². The molecule has 5 nitrogen and oxygen atoms in total. The summed E-state index contributed by atoms with van der Waals surface area (Å²) in [5.41, 5.74) is 2.23. The second-order valence-corrected chi connectivity index (χ2v) is 7.77. The quantitative estimate of drug-likeness (QED) is 0.931. The molecule has 0 aliphatic carbocycles. The Kier molecular flexibility index (Phi) is 4.66. The minimum Gasteiger partial charge on any atom is -0.466 e. The van der Waals surface area contributed by atoms with E-state index in [1.807, 2.05) is 20.8 Å². The lowest BCUT2D eigenvalue weighted by Gasteiger charge is -2.15. The molecule has 0 bridgehead atoms. The van der Waals surface area contributed by atoms with Gasteiger partial charge in [-0.3, -0.25) is 4.79 Å². The first kappa shape index (κ1) is 17.3. The zero-order chi connectivity index (χ0) is 17.4. The molecule has 0 fully saturated rings. The van der Waals surface area contributed by atoms with Gasteiger partial charge in [-0.2, -0.15) is 0 Å². The van der Waals surface area contributed by atoms with Crippen LogP contribution in [0.15, 0.2) is 33.6 Å². The minimum absolute atomic E-state index is 0.198. The molecule has 1 aromatic carbocycles. The first-order valence-corrected chi connectivity index (χ1v) is 9.18. The molecule has 1 N–H and O–H groups in total. The van der Waals surface area contributed by atoms with Gasteiger partial charge in [0.25, 0.3) is 5.91 Å². The highest BCUT2D eigenvalue weighted by Crippen LogP contribution is 2.22. The lowest BCUT2D eigenvalue weighted by atomic mass is 10.1. The van der Waals surface area contributed by atoms with E-state index in [4.69, 9.17) is 4.42 Å². The van der Waals surface area contributed by atoms with Gasteiger partial charge in [-0.15, -0.1) is 0 Å². The third kappa shape index (κ3) is 3.64. The summed E-state index contributed by atoms with van der Waals surface area (Å²) < 4.78 is 28.4. The van der Waals surface area contributed by atoms with E-state index in [1.165, 1.54) is 6.26 Å². The molecule has 0 saturated carbocycles. The highest BCUT2D eigenvalue weighted by atomic mass is 32.2. The zero-order valence-corrected chi connectivity index (χ0v) is 14.7. The van der Waals surface area contributed by atoms with Crippen molar-refractivity contribution in [3.05, 3.63) is 52.5 Å². The first-order valence-electron chi connectivity index (χ1n) is 7.28. The van der Waals surface area contributed by atoms with Crippen molar-refractivity contribution in [1.82, 2.24) is 5.32 Å². The molecular weight excluding hydrogens is 314 g/mol. The number of rotatable bonds is 4. The highest BCUT2D eigenvalue weighted by Gasteiger charge is 2.20. The van der Waals surface area contributed by atoms with Crippen molar-refractivity contribution >= 4 is 15.7 Å². The molecule has 0 aliphatic rings. The molecule has 0 spiro atoms. The average molecular weight is 335 g/mol. The Hall–Kier alpha value is -2.08. The van der Waals surface area contributed by atoms with Gasteiger partial charge < -0.3 is 9.73 Å². The topological polar surface area (TPSA) is 76.4 Å². The fourth-order valence-electron chi connectivity index (χ4n) is 2.48. The molecule has 23 heavy (non-hydrogen) atoms. The first-order chi connectivity index (χ1) is 10.6. The van der Waals surface area contributed by atoms with Crippen molar-refractivity contribution in [3.63, 3.8) is 0 Å². The molecule has 1 aromatic heterocycles. The van der Waals surface area contributed by atoms with Gasteiger partial charge in [-0.25, -0.2) is 8.42 Å². The molecular formula is C17H21NO4S. The summed E-state index contributed by atoms with van der Waals surface area (Å²) in [5, 5.41) is 2.92. The standard InChI is InChI=1S/C17H21NO4S/c1-10-12(3)22-13(4)16(10)17(19)18-11(2)14-6-8-15(9-7-14)23(5,20)21/h6-9,11H,1-5H3,(H,18,19)/t11-/m1/s1. The number of carbonyl (C=O) groups is 1. The summed E-state index contributed by atoms with van der Waals surface area (Å²) in [6.45, 7) is 7.30. The van der Waals surface area contributed by atoms with Gasteiger partial charge in [0, 0.05) is 11.8 Å². The third-order valence-corrected chi connectivity index (χ3v) is 5.07. The van der Waals surface area contributed by atoms with Crippen LogP contribution >= 0.6 is 0 Å². The number of aryl methyl sites for hydroxylation is 2. The monoisotopic (exact) mass is 335 g/mol. The van der Waals surface area contributed by atoms with Crippen LogP contribution in [0.2, 0.25) is 0 Å².